The molecule has 0 aromatic rings. The van der Waals surface area contributed by atoms with Crippen molar-refractivity contribution in [2.24, 2.45) is 0 Å². The molecule has 0 rings (SSSR count). The van der Waals surface area contributed by atoms with Gasteiger partial charge < -0.3 is 0 Å². The molecule has 13 heavy (non-hydrogen) atoms. The van der Waals surface area contributed by atoms with Gasteiger partial charge in [-0.2, -0.15) is 0 Å². The minimum Gasteiger partial charge on any atom is -0.115 e. The van der Waals surface area contributed by atoms with Crippen LogP contribution in [0.5, 0.6) is 0 Å². The Morgan fingerprint density at radius 3 is 2.08 bits per heavy atom. The van der Waals surface area contributed by atoms with Crippen molar-refractivity contribution in [1.29, 1.82) is 0 Å². The fourth-order valence-corrected chi connectivity index (χ4v) is 1.19. The second kappa shape index (κ2) is 9.17. The van der Waals surface area contributed by atoms with Crippen LogP contribution >= 0.6 is 0 Å². The zero-order valence-electron chi connectivity index (χ0n) is 8.90. The molecular formula is C13H20. The van der Waals surface area contributed by atoms with Gasteiger partial charge in [-0.15, -0.1) is 12.2 Å². The van der Waals surface area contributed by atoms with E-state index in [9.17, 15) is 0 Å². The first-order valence-corrected chi connectivity index (χ1v) is 5.24. The third-order valence-electron chi connectivity index (χ3n) is 2.02. The molecule has 0 N–H and O–H groups in total. The normalized spacial score (nSPS) is 8.69. The summed E-state index contributed by atoms with van der Waals surface area (Å²) in [5.74, 6) is 2.49. The summed E-state index contributed by atoms with van der Waals surface area (Å²) in [5.41, 5.74) is 4.58. The van der Waals surface area contributed by atoms with Gasteiger partial charge in [0.05, 0.1) is 0 Å². The first-order valence-electron chi connectivity index (χ1n) is 5.24. The van der Waals surface area contributed by atoms with E-state index in [0.717, 1.165) is 12.8 Å². The molecule has 0 heteroatoms. The topological polar surface area (TPSA) is 0 Å². The van der Waals surface area contributed by atoms with Crippen molar-refractivity contribution in [3.63, 3.8) is 0 Å². The standard InChI is InChI=1S/C13H20/c1-4-7-10-13(11-8-5-2)12-9-6-3/h1,7H,5-6,8-9,11-12H2,2-3H3. The second-order valence-corrected chi connectivity index (χ2v) is 3.27. The third-order valence-corrected chi connectivity index (χ3v) is 2.02. The van der Waals surface area contributed by atoms with Crippen molar-refractivity contribution < 1.29 is 0 Å². The van der Waals surface area contributed by atoms with Crippen molar-refractivity contribution in [3.8, 4) is 12.3 Å². The predicted molar refractivity (Wildman–Crippen MR) is 59.5 cm³/mol. The third kappa shape index (κ3) is 7.44. The lowest BCUT2D eigenvalue weighted by molar-refractivity contribution is 0.714. The van der Waals surface area contributed by atoms with E-state index in [1.165, 1.54) is 31.3 Å². The van der Waals surface area contributed by atoms with Crippen LogP contribution in [0.4, 0.5) is 0 Å². The second-order valence-electron chi connectivity index (χ2n) is 3.27. The molecule has 0 atom stereocenters. The largest absolute Gasteiger partial charge is 0.115 e. The summed E-state index contributed by atoms with van der Waals surface area (Å²) in [6, 6.07) is 0. The molecule has 0 aromatic heterocycles. The molecule has 0 radical (unpaired) electrons. The highest BCUT2D eigenvalue weighted by Gasteiger charge is 1.94. The summed E-state index contributed by atoms with van der Waals surface area (Å²) in [6.45, 7) is 4.42. The Hall–Kier alpha value is -0.920. The van der Waals surface area contributed by atoms with E-state index in [0.29, 0.717) is 0 Å². The van der Waals surface area contributed by atoms with Crippen LogP contribution in [-0.2, 0) is 0 Å². The van der Waals surface area contributed by atoms with Crippen molar-refractivity contribution >= 4 is 0 Å². The minimum absolute atomic E-state index is 1.16. The van der Waals surface area contributed by atoms with Gasteiger partial charge in [0.2, 0.25) is 0 Å². The number of unbranched alkanes of at least 4 members (excludes halogenated alkanes) is 2. The first kappa shape index (κ1) is 12.1. The van der Waals surface area contributed by atoms with Gasteiger partial charge in [0.1, 0.15) is 0 Å². The number of hydrogen-bond donors (Lipinski definition) is 0. The summed E-state index contributed by atoms with van der Waals surface area (Å²) in [5, 5.41) is 0. The van der Waals surface area contributed by atoms with Crippen LogP contribution in [0.3, 0.4) is 0 Å². The number of terminal acetylenes is 1. The lowest BCUT2D eigenvalue weighted by Crippen LogP contribution is -1.83. The lowest BCUT2D eigenvalue weighted by atomic mass is 10.0. The number of hydrogen-bond acceptors (Lipinski definition) is 0. The highest BCUT2D eigenvalue weighted by atomic mass is 14.0. The predicted octanol–water partition coefficient (Wildman–Crippen LogP) is 4.08. The molecule has 72 valence electrons. The van der Waals surface area contributed by atoms with Crippen LogP contribution < -0.4 is 0 Å². The molecular weight excluding hydrogens is 156 g/mol. The summed E-state index contributed by atoms with van der Waals surface area (Å²) in [7, 11) is 0. The van der Waals surface area contributed by atoms with Crippen molar-refractivity contribution in [3.05, 3.63) is 17.4 Å². The van der Waals surface area contributed by atoms with Gasteiger partial charge in [-0.1, -0.05) is 32.6 Å². The van der Waals surface area contributed by atoms with Crippen molar-refractivity contribution in [2.75, 3.05) is 0 Å². The Morgan fingerprint density at radius 2 is 1.69 bits per heavy atom. The Balaban J connectivity index is 4.04. The van der Waals surface area contributed by atoms with Crippen molar-refractivity contribution in [2.45, 2.75) is 52.4 Å². The number of rotatable bonds is 6. The fraction of sp³-hybridized carbons (Fsp3) is 0.615. The number of allylic oxidation sites excluding steroid dienone is 1. The minimum atomic E-state index is 1.16. The molecule has 0 aliphatic carbocycles. The van der Waals surface area contributed by atoms with Crippen molar-refractivity contribution in [1.82, 2.24) is 0 Å². The summed E-state index contributed by atoms with van der Waals surface area (Å²) in [4.78, 5) is 0. The van der Waals surface area contributed by atoms with Crippen LogP contribution in [0.15, 0.2) is 17.4 Å². The molecule has 0 spiro atoms. The van der Waals surface area contributed by atoms with E-state index < -0.39 is 0 Å². The van der Waals surface area contributed by atoms with E-state index in [2.05, 4.69) is 25.5 Å². The van der Waals surface area contributed by atoms with Gasteiger partial charge >= 0.3 is 0 Å². The average molecular weight is 176 g/mol. The Labute approximate surface area is 82.7 Å². The molecule has 0 saturated carbocycles. The summed E-state index contributed by atoms with van der Waals surface area (Å²) >= 11 is 0. The van der Waals surface area contributed by atoms with Crippen LogP contribution in [0.1, 0.15) is 52.4 Å². The lowest BCUT2D eigenvalue weighted by Gasteiger charge is -2.01. The highest BCUT2D eigenvalue weighted by Crippen LogP contribution is 2.13. The summed E-state index contributed by atoms with van der Waals surface area (Å²) in [6.07, 6.45) is 14.2. The molecule has 0 heterocycles. The molecule has 0 aromatic carbocycles. The molecule has 0 saturated heterocycles. The molecule has 0 aliphatic rings. The van der Waals surface area contributed by atoms with Crippen LogP contribution in [0.2, 0.25) is 0 Å². The summed E-state index contributed by atoms with van der Waals surface area (Å²) < 4.78 is 0. The van der Waals surface area contributed by atoms with E-state index in [1.807, 2.05) is 0 Å². The van der Waals surface area contributed by atoms with Gasteiger partial charge in [-0.3, -0.25) is 0 Å². The average Bonchev–Trinajstić information content (AvgIpc) is 2.17. The molecule has 0 nitrogen and oxygen atoms in total. The van der Waals surface area contributed by atoms with Crippen LogP contribution in [-0.4, -0.2) is 0 Å². The molecule has 0 aliphatic heterocycles. The molecule has 0 amide bonds. The SMILES string of the molecule is C#CC=C=C(CCCC)CCCC. The van der Waals surface area contributed by atoms with Gasteiger partial charge in [-0.05, 0) is 31.3 Å². The van der Waals surface area contributed by atoms with Gasteiger partial charge in [0.15, 0.2) is 0 Å². The van der Waals surface area contributed by atoms with E-state index in [4.69, 9.17) is 6.42 Å². The van der Waals surface area contributed by atoms with Crippen LogP contribution in [0.25, 0.3) is 0 Å². The van der Waals surface area contributed by atoms with Gasteiger partial charge in [0.25, 0.3) is 0 Å². The van der Waals surface area contributed by atoms with E-state index in [1.54, 1.807) is 6.08 Å². The Bertz CT molecular complexity index is 199. The van der Waals surface area contributed by atoms with E-state index in [-0.39, 0.29) is 0 Å². The maximum absolute atomic E-state index is 5.15. The Morgan fingerprint density at radius 1 is 1.15 bits per heavy atom. The maximum atomic E-state index is 5.15. The van der Waals surface area contributed by atoms with Crippen LogP contribution in [0, 0.1) is 12.3 Å². The zero-order chi connectivity index (χ0) is 9.94. The quantitative estimate of drug-likeness (QED) is 0.422. The monoisotopic (exact) mass is 176 g/mol. The zero-order valence-corrected chi connectivity index (χ0v) is 8.90. The van der Waals surface area contributed by atoms with Gasteiger partial charge in [-0.25, -0.2) is 0 Å². The first-order chi connectivity index (χ1) is 6.35. The van der Waals surface area contributed by atoms with E-state index >= 15 is 0 Å². The molecule has 0 bridgehead atoms. The Kier molecular flexibility index (Phi) is 8.52. The highest BCUT2D eigenvalue weighted by molar-refractivity contribution is 5.13. The molecule has 0 fully saturated rings. The maximum Gasteiger partial charge on any atom is 0.0298 e. The molecule has 0 unspecified atom stereocenters. The fourth-order valence-electron chi connectivity index (χ4n) is 1.19. The smallest absolute Gasteiger partial charge is 0.0298 e. The van der Waals surface area contributed by atoms with Gasteiger partial charge in [0, 0.05) is 6.08 Å².